The van der Waals surface area contributed by atoms with Gasteiger partial charge in [0, 0.05) is 27.8 Å². The Balaban J connectivity index is 4.35. The molecule has 3 atom stereocenters. The summed E-state index contributed by atoms with van der Waals surface area (Å²) in [4.78, 5) is 0. The molecule has 15 heavy (non-hydrogen) atoms. The highest BCUT2D eigenvalue weighted by atomic mass is 32.2. The zero-order chi connectivity index (χ0) is 12.1. The maximum absolute atomic E-state index is 12.0. The van der Waals surface area contributed by atoms with Crippen molar-refractivity contribution < 1.29 is 4.21 Å². The van der Waals surface area contributed by atoms with Gasteiger partial charge in [-0.2, -0.15) is 0 Å². The highest BCUT2D eigenvalue weighted by Crippen LogP contribution is 2.21. The molecule has 0 aliphatic heterocycles. The number of hydrogen-bond donors (Lipinski definition) is 1. The Labute approximate surface area is 97.7 Å². The van der Waals surface area contributed by atoms with Crippen LogP contribution in [0.1, 0.15) is 48.0 Å². The molecule has 0 spiro atoms. The van der Waals surface area contributed by atoms with Crippen molar-refractivity contribution in [3.8, 4) is 0 Å². The third-order valence-corrected chi connectivity index (χ3v) is 4.74. The van der Waals surface area contributed by atoms with Gasteiger partial charge in [-0.05, 0) is 18.4 Å². The summed E-state index contributed by atoms with van der Waals surface area (Å²) in [6, 6.07) is 0.345. The van der Waals surface area contributed by atoms with Gasteiger partial charge in [0.15, 0.2) is 0 Å². The van der Waals surface area contributed by atoms with Crippen LogP contribution in [0, 0.1) is 5.41 Å². The third kappa shape index (κ3) is 5.67. The average molecular weight is 233 g/mol. The summed E-state index contributed by atoms with van der Waals surface area (Å²) in [6.45, 7) is 13.8. The van der Waals surface area contributed by atoms with Crippen LogP contribution in [0.5, 0.6) is 0 Å². The highest BCUT2D eigenvalue weighted by molar-refractivity contribution is 7.85. The van der Waals surface area contributed by atoms with Gasteiger partial charge < -0.3 is 5.32 Å². The molecule has 92 valence electrons. The van der Waals surface area contributed by atoms with Crippen LogP contribution in [-0.4, -0.2) is 27.8 Å². The lowest BCUT2D eigenvalue weighted by Crippen LogP contribution is -2.45. The Hall–Kier alpha value is 0.110. The Morgan fingerprint density at radius 1 is 1.27 bits per heavy atom. The number of hydrogen-bond acceptors (Lipinski definition) is 2. The third-order valence-electron chi connectivity index (χ3n) is 2.85. The second-order valence-electron chi connectivity index (χ2n) is 5.24. The van der Waals surface area contributed by atoms with Crippen molar-refractivity contribution in [1.82, 2.24) is 5.32 Å². The predicted octanol–water partition coefficient (Wildman–Crippen LogP) is 2.56. The first-order valence-electron chi connectivity index (χ1n) is 5.93. The quantitative estimate of drug-likeness (QED) is 0.764. The minimum Gasteiger partial charge on any atom is -0.313 e. The predicted molar refractivity (Wildman–Crippen MR) is 69.7 cm³/mol. The van der Waals surface area contributed by atoms with E-state index in [0.717, 1.165) is 18.7 Å². The minimum atomic E-state index is -0.705. The molecule has 2 nitrogen and oxygen atoms in total. The van der Waals surface area contributed by atoms with Gasteiger partial charge in [-0.1, -0.05) is 41.5 Å². The lowest BCUT2D eigenvalue weighted by molar-refractivity contribution is 0.293. The molecule has 0 aromatic rings. The van der Waals surface area contributed by atoms with Crippen molar-refractivity contribution in [3.05, 3.63) is 0 Å². The lowest BCUT2D eigenvalue weighted by atomic mass is 9.88. The maximum atomic E-state index is 12.0. The van der Waals surface area contributed by atoms with Gasteiger partial charge in [-0.3, -0.25) is 4.21 Å². The molecule has 0 aromatic heterocycles. The second-order valence-corrected chi connectivity index (χ2v) is 7.14. The molecule has 0 amide bonds. The first-order chi connectivity index (χ1) is 6.82. The molecule has 0 radical (unpaired) electrons. The summed E-state index contributed by atoms with van der Waals surface area (Å²) in [5, 5.41) is 3.75. The van der Waals surface area contributed by atoms with Crippen LogP contribution in [0.4, 0.5) is 0 Å². The van der Waals surface area contributed by atoms with E-state index in [2.05, 4.69) is 46.9 Å². The van der Waals surface area contributed by atoms with E-state index in [1.54, 1.807) is 0 Å². The average Bonchev–Trinajstić information content (AvgIpc) is 2.14. The van der Waals surface area contributed by atoms with Crippen LogP contribution >= 0.6 is 0 Å². The van der Waals surface area contributed by atoms with Crippen molar-refractivity contribution >= 4 is 10.8 Å². The summed E-state index contributed by atoms with van der Waals surface area (Å²) in [5.41, 5.74) is 0.180. The summed E-state index contributed by atoms with van der Waals surface area (Å²) >= 11 is 0. The van der Waals surface area contributed by atoms with Crippen molar-refractivity contribution in [3.63, 3.8) is 0 Å². The van der Waals surface area contributed by atoms with Gasteiger partial charge in [0.05, 0.1) is 0 Å². The summed E-state index contributed by atoms with van der Waals surface area (Å²) in [7, 11) is -0.705. The van der Waals surface area contributed by atoms with Crippen molar-refractivity contribution in [2.75, 3.05) is 12.3 Å². The molecule has 0 bridgehead atoms. The Bertz CT molecular complexity index is 198. The zero-order valence-electron chi connectivity index (χ0n) is 11.1. The zero-order valence-corrected chi connectivity index (χ0v) is 11.9. The molecule has 3 unspecified atom stereocenters. The van der Waals surface area contributed by atoms with Crippen molar-refractivity contribution in [2.24, 2.45) is 5.41 Å². The second kappa shape index (κ2) is 6.64. The van der Waals surface area contributed by atoms with E-state index in [1.165, 1.54) is 0 Å². The first-order valence-corrected chi connectivity index (χ1v) is 7.31. The fraction of sp³-hybridized carbons (Fsp3) is 1.00. The maximum Gasteiger partial charge on any atom is 0.0396 e. The molecular formula is C12H27NOS. The summed E-state index contributed by atoms with van der Waals surface area (Å²) in [5.74, 6) is 0.770. The molecule has 3 heteroatoms. The molecule has 0 aliphatic carbocycles. The van der Waals surface area contributed by atoms with Gasteiger partial charge in [0.1, 0.15) is 0 Å². The van der Waals surface area contributed by atoms with E-state index >= 15 is 0 Å². The molecule has 0 fully saturated rings. The Kier molecular flexibility index (Phi) is 6.69. The van der Waals surface area contributed by atoms with Crippen LogP contribution in [-0.2, 0) is 10.8 Å². The van der Waals surface area contributed by atoms with Crippen LogP contribution in [0.15, 0.2) is 0 Å². The largest absolute Gasteiger partial charge is 0.313 e. The van der Waals surface area contributed by atoms with Crippen LogP contribution < -0.4 is 5.32 Å². The standard InChI is InChI=1S/C12H27NOS/c1-7-10(3)15(14)9-11(13-8-2)12(4,5)6/h10-11,13H,7-9H2,1-6H3. The smallest absolute Gasteiger partial charge is 0.0396 e. The SMILES string of the molecule is CCNC(CS(=O)C(C)CC)C(C)(C)C. The van der Waals surface area contributed by atoms with E-state index in [1.807, 2.05) is 0 Å². The van der Waals surface area contributed by atoms with Gasteiger partial charge in [0.2, 0.25) is 0 Å². The molecule has 1 N–H and O–H groups in total. The molecule has 0 heterocycles. The molecule has 0 saturated heterocycles. The Morgan fingerprint density at radius 3 is 2.13 bits per heavy atom. The fourth-order valence-electron chi connectivity index (χ4n) is 1.38. The number of rotatable bonds is 6. The van der Waals surface area contributed by atoms with E-state index < -0.39 is 10.8 Å². The molecular weight excluding hydrogens is 206 g/mol. The monoisotopic (exact) mass is 233 g/mol. The van der Waals surface area contributed by atoms with Crippen LogP contribution in [0.25, 0.3) is 0 Å². The molecule has 0 aromatic carbocycles. The van der Waals surface area contributed by atoms with Crippen molar-refractivity contribution in [2.45, 2.75) is 59.3 Å². The van der Waals surface area contributed by atoms with E-state index in [-0.39, 0.29) is 5.41 Å². The summed E-state index contributed by atoms with van der Waals surface area (Å²) in [6.07, 6.45) is 0.996. The van der Waals surface area contributed by atoms with E-state index in [0.29, 0.717) is 11.3 Å². The normalized spacial score (nSPS) is 18.5. The molecule has 0 rings (SSSR count). The fourth-order valence-corrected chi connectivity index (χ4v) is 3.02. The highest BCUT2D eigenvalue weighted by Gasteiger charge is 2.26. The molecule has 0 aliphatic rings. The minimum absolute atomic E-state index is 0.180. The first kappa shape index (κ1) is 15.1. The van der Waals surface area contributed by atoms with Crippen molar-refractivity contribution in [1.29, 1.82) is 0 Å². The van der Waals surface area contributed by atoms with E-state index in [9.17, 15) is 4.21 Å². The van der Waals surface area contributed by atoms with Gasteiger partial charge >= 0.3 is 0 Å². The van der Waals surface area contributed by atoms with Gasteiger partial charge in [-0.25, -0.2) is 0 Å². The number of nitrogens with one attached hydrogen (secondary N) is 1. The Morgan fingerprint density at radius 2 is 1.80 bits per heavy atom. The molecule has 0 saturated carbocycles. The lowest BCUT2D eigenvalue weighted by Gasteiger charge is -2.31. The summed E-state index contributed by atoms with van der Waals surface area (Å²) < 4.78 is 12.0. The van der Waals surface area contributed by atoms with Gasteiger partial charge in [0.25, 0.3) is 0 Å². The van der Waals surface area contributed by atoms with Crippen LogP contribution in [0.3, 0.4) is 0 Å². The topological polar surface area (TPSA) is 29.1 Å². The van der Waals surface area contributed by atoms with Gasteiger partial charge in [-0.15, -0.1) is 0 Å². The van der Waals surface area contributed by atoms with E-state index in [4.69, 9.17) is 0 Å². The van der Waals surface area contributed by atoms with Crippen LogP contribution in [0.2, 0.25) is 0 Å².